The summed E-state index contributed by atoms with van der Waals surface area (Å²) in [6.45, 7) is 0.793. The van der Waals surface area contributed by atoms with Crippen LogP contribution in [-0.2, 0) is 10.5 Å². The number of amides is 1. The number of ether oxygens (including phenoxy) is 1. The van der Waals surface area contributed by atoms with Gasteiger partial charge in [0.2, 0.25) is 0 Å². The van der Waals surface area contributed by atoms with E-state index in [1.165, 1.54) is 5.56 Å². The van der Waals surface area contributed by atoms with Crippen molar-refractivity contribution >= 4 is 5.91 Å². The van der Waals surface area contributed by atoms with Gasteiger partial charge in [-0.25, -0.2) is 0 Å². The second kappa shape index (κ2) is 4.20. The van der Waals surface area contributed by atoms with Crippen molar-refractivity contribution in [2.24, 2.45) is 0 Å². The van der Waals surface area contributed by atoms with E-state index in [2.05, 4.69) is 30.3 Å². The Hall–Kier alpha value is -2.13. The molecule has 110 valence electrons. The van der Waals surface area contributed by atoms with E-state index in [4.69, 9.17) is 4.74 Å². The first-order valence-corrected chi connectivity index (χ1v) is 7.95. The van der Waals surface area contributed by atoms with Gasteiger partial charge in [0, 0.05) is 23.6 Å². The molecule has 3 aliphatic rings. The van der Waals surface area contributed by atoms with Gasteiger partial charge < -0.3 is 9.64 Å². The van der Waals surface area contributed by atoms with Gasteiger partial charge in [0.1, 0.15) is 0 Å². The fourth-order valence-corrected chi connectivity index (χ4v) is 4.50. The Labute approximate surface area is 129 Å². The molecular weight excluding hydrogens is 274 g/mol. The van der Waals surface area contributed by atoms with Crippen LogP contribution in [0.3, 0.4) is 0 Å². The van der Waals surface area contributed by atoms with Crippen LogP contribution in [0.1, 0.15) is 40.2 Å². The largest absolute Gasteiger partial charge is 0.347 e. The van der Waals surface area contributed by atoms with Crippen LogP contribution in [0.15, 0.2) is 54.6 Å². The monoisotopic (exact) mass is 291 g/mol. The third kappa shape index (κ3) is 1.37. The molecule has 1 amide bonds. The third-order valence-corrected chi connectivity index (χ3v) is 5.38. The summed E-state index contributed by atoms with van der Waals surface area (Å²) in [6, 6.07) is 18.4. The first-order chi connectivity index (χ1) is 10.8. The second-order valence-electron chi connectivity index (χ2n) is 6.43. The van der Waals surface area contributed by atoms with Gasteiger partial charge in [-0.3, -0.25) is 4.79 Å². The second-order valence-corrected chi connectivity index (χ2v) is 6.43. The maximum atomic E-state index is 12.8. The van der Waals surface area contributed by atoms with Crippen LogP contribution in [0.2, 0.25) is 0 Å². The van der Waals surface area contributed by atoms with Crippen LogP contribution in [0.25, 0.3) is 0 Å². The van der Waals surface area contributed by atoms with Crippen molar-refractivity contribution in [3.63, 3.8) is 0 Å². The van der Waals surface area contributed by atoms with Crippen LogP contribution in [0, 0.1) is 0 Å². The summed E-state index contributed by atoms with van der Waals surface area (Å²) in [5, 5.41) is 0. The predicted octanol–water partition coefficient (Wildman–Crippen LogP) is 3.27. The first kappa shape index (κ1) is 12.4. The summed E-state index contributed by atoms with van der Waals surface area (Å²) >= 11 is 0. The molecule has 0 aromatic heterocycles. The molecule has 0 saturated carbocycles. The van der Waals surface area contributed by atoms with E-state index in [1.807, 2.05) is 29.2 Å². The molecule has 0 N–H and O–H groups in total. The number of hydrogen-bond donors (Lipinski definition) is 0. The number of rotatable bonds is 1. The van der Waals surface area contributed by atoms with Gasteiger partial charge in [0.15, 0.2) is 5.72 Å². The minimum Gasteiger partial charge on any atom is -0.347 e. The number of fused-ring (bicyclic) bond motifs is 2. The predicted molar refractivity (Wildman–Crippen MR) is 82.4 cm³/mol. The third-order valence-electron chi connectivity index (χ3n) is 5.38. The fraction of sp³-hybridized carbons (Fsp3) is 0.316. The Bertz CT molecular complexity index is 757. The highest BCUT2D eigenvalue weighted by Gasteiger charge is 2.62. The lowest BCUT2D eigenvalue weighted by Crippen LogP contribution is -2.50. The van der Waals surface area contributed by atoms with Crippen LogP contribution in [-0.4, -0.2) is 23.5 Å². The number of carbonyl (C=O) groups excluding carboxylic acids is 1. The van der Waals surface area contributed by atoms with Crippen molar-refractivity contribution in [2.75, 3.05) is 6.54 Å². The number of hydrogen-bond acceptors (Lipinski definition) is 2. The molecule has 0 radical (unpaired) electrons. The lowest BCUT2D eigenvalue weighted by Gasteiger charge is -2.42. The van der Waals surface area contributed by atoms with Crippen LogP contribution in [0.5, 0.6) is 0 Å². The maximum absolute atomic E-state index is 12.8. The van der Waals surface area contributed by atoms with E-state index in [0.29, 0.717) is 0 Å². The van der Waals surface area contributed by atoms with Crippen molar-refractivity contribution in [1.82, 2.24) is 4.90 Å². The highest BCUT2D eigenvalue weighted by Crippen LogP contribution is 2.58. The average Bonchev–Trinajstić information content (AvgIpc) is 3.02. The van der Waals surface area contributed by atoms with Crippen molar-refractivity contribution in [2.45, 2.75) is 30.6 Å². The molecule has 3 atom stereocenters. The quantitative estimate of drug-likeness (QED) is 0.807. The Morgan fingerprint density at radius 3 is 2.68 bits per heavy atom. The topological polar surface area (TPSA) is 29.5 Å². The first-order valence-electron chi connectivity index (χ1n) is 7.95. The number of nitrogens with zero attached hydrogens (tertiary/aromatic N) is 1. The van der Waals surface area contributed by atoms with Crippen molar-refractivity contribution in [3.8, 4) is 0 Å². The van der Waals surface area contributed by atoms with Crippen molar-refractivity contribution < 1.29 is 9.53 Å². The molecule has 22 heavy (non-hydrogen) atoms. The Morgan fingerprint density at radius 1 is 1.05 bits per heavy atom. The smallest absolute Gasteiger partial charge is 0.256 e. The molecule has 2 bridgehead atoms. The Morgan fingerprint density at radius 2 is 1.82 bits per heavy atom. The van der Waals surface area contributed by atoms with Gasteiger partial charge >= 0.3 is 0 Å². The minimum absolute atomic E-state index is 0.122. The lowest BCUT2D eigenvalue weighted by atomic mass is 9.83. The van der Waals surface area contributed by atoms with E-state index >= 15 is 0 Å². The Balaban J connectivity index is 1.75. The molecule has 2 fully saturated rings. The summed E-state index contributed by atoms with van der Waals surface area (Å²) in [4.78, 5) is 14.8. The number of benzene rings is 2. The zero-order valence-electron chi connectivity index (χ0n) is 12.2. The van der Waals surface area contributed by atoms with Gasteiger partial charge in [-0.15, -0.1) is 0 Å². The van der Waals surface area contributed by atoms with Crippen LogP contribution < -0.4 is 0 Å². The molecule has 0 unspecified atom stereocenters. The summed E-state index contributed by atoms with van der Waals surface area (Å²) in [5.74, 6) is 0.339. The minimum atomic E-state index is -0.585. The van der Waals surface area contributed by atoms with Crippen molar-refractivity contribution in [3.05, 3.63) is 71.3 Å². The maximum Gasteiger partial charge on any atom is 0.256 e. The molecule has 2 aromatic carbocycles. The normalized spacial score (nSPS) is 32.0. The summed E-state index contributed by atoms with van der Waals surface area (Å²) < 4.78 is 6.48. The van der Waals surface area contributed by atoms with Crippen LogP contribution in [0.4, 0.5) is 0 Å². The van der Waals surface area contributed by atoms with E-state index < -0.39 is 5.72 Å². The van der Waals surface area contributed by atoms with Gasteiger partial charge in [-0.1, -0.05) is 48.5 Å². The van der Waals surface area contributed by atoms with E-state index in [0.717, 1.165) is 30.5 Å². The highest BCUT2D eigenvalue weighted by molar-refractivity contribution is 6.00. The highest BCUT2D eigenvalue weighted by atomic mass is 16.5. The van der Waals surface area contributed by atoms with Gasteiger partial charge in [0.05, 0.1) is 6.10 Å². The molecule has 1 spiro atoms. The SMILES string of the molecule is O=C1c2ccccc2[C@@]23O[C@@H](CCN12)C[C@@H]3c1ccccc1. The van der Waals surface area contributed by atoms with E-state index in [9.17, 15) is 4.79 Å². The Kier molecular flexibility index (Phi) is 2.37. The summed E-state index contributed by atoms with van der Waals surface area (Å²) in [7, 11) is 0. The standard InChI is InChI=1S/C19H17NO2/c21-18-15-8-4-5-9-16(15)19-17(13-6-2-1-3-7-13)12-14(22-19)10-11-20(18)19/h1-9,14,17H,10-12H2/t14-,17+,19-/m0/s1. The van der Waals surface area contributed by atoms with Gasteiger partial charge in [-0.05, 0) is 24.5 Å². The van der Waals surface area contributed by atoms with Crippen LogP contribution >= 0.6 is 0 Å². The average molecular weight is 291 g/mol. The molecule has 2 aromatic rings. The van der Waals surface area contributed by atoms with E-state index in [-0.39, 0.29) is 17.9 Å². The molecule has 3 aliphatic heterocycles. The fourth-order valence-electron chi connectivity index (χ4n) is 4.50. The molecule has 3 heteroatoms. The molecule has 5 rings (SSSR count). The zero-order valence-corrected chi connectivity index (χ0v) is 12.2. The van der Waals surface area contributed by atoms with E-state index in [1.54, 1.807) is 0 Å². The molecular formula is C19H17NO2. The van der Waals surface area contributed by atoms with Gasteiger partial charge in [0.25, 0.3) is 5.91 Å². The zero-order chi connectivity index (χ0) is 14.7. The molecule has 2 saturated heterocycles. The van der Waals surface area contributed by atoms with Gasteiger partial charge in [-0.2, -0.15) is 0 Å². The summed E-state index contributed by atoms with van der Waals surface area (Å²) in [5.41, 5.74) is 2.54. The molecule has 3 nitrogen and oxygen atoms in total. The molecule has 3 heterocycles. The van der Waals surface area contributed by atoms with Crippen molar-refractivity contribution in [1.29, 1.82) is 0 Å². The lowest BCUT2D eigenvalue weighted by molar-refractivity contribution is -0.166. The number of carbonyl (C=O) groups is 1. The molecule has 0 aliphatic carbocycles. The summed E-state index contributed by atoms with van der Waals surface area (Å²) in [6.07, 6.45) is 2.17.